The van der Waals surface area contributed by atoms with Crippen molar-refractivity contribution in [2.75, 3.05) is 20.2 Å². The smallest absolute Gasteiger partial charge is 0.222 e. The van der Waals surface area contributed by atoms with Gasteiger partial charge in [-0.25, -0.2) is 0 Å². The Labute approximate surface area is 99.1 Å². The van der Waals surface area contributed by atoms with Gasteiger partial charge in [0.25, 0.3) is 0 Å². The van der Waals surface area contributed by atoms with Crippen LogP contribution in [0.25, 0.3) is 0 Å². The van der Waals surface area contributed by atoms with Crippen molar-refractivity contribution in [3.8, 4) is 0 Å². The van der Waals surface area contributed by atoms with Crippen molar-refractivity contribution in [2.45, 2.75) is 58.0 Å². The molecule has 1 unspecified atom stereocenters. The van der Waals surface area contributed by atoms with Gasteiger partial charge >= 0.3 is 0 Å². The number of hydrogen-bond acceptors (Lipinski definition) is 2. The molecule has 0 aromatic heterocycles. The number of hydrogen-bond donors (Lipinski definition) is 0. The second-order valence-electron chi connectivity index (χ2n) is 4.70. The van der Waals surface area contributed by atoms with E-state index in [1.807, 2.05) is 11.9 Å². The SMILES string of the molecule is CCCCC(=O)N(C)CCC1CCCCO1. The molecule has 1 saturated heterocycles. The van der Waals surface area contributed by atoms with Crippen LogP contribution in [0.2, 0.25) is 0 Å². The summed E-state index contributed by atoms with van der Waals surface area (Å²) in [6.45, 7) is 3.86. The van der Waals surface area contributed by atoms with Crippen LogP contribution in [-0.4, -0.2) is 37.1 Å². The number of nitrogens with zero attached hydrogens (tertiary/aromatic N) is 1. The molecule has 1 aliphatic rings. The summed E-state index contributed by atoms with van der Waals surface area (Å²) in [5.41, 5.74) is 0. The normalized spacial score (nSPS) is 20.8. The predicted octanol–water partition coefficient (Wildman–Crippen LogP) is 2.59. The van der Waals surface area contributed by atoms with E-state index in [1.54, 1.807) is 0 Å². The summed E-state index contributed by atoms with van der Waals surface area (Å²) in [7, 11) is 1.90. The molecule has 16 heavy (non-hydrogen) atoms. The Morgan fingerprint density at radius 2 is 2.25 bits per heavy atom. The lowest BCUT2D eigenvalue weighted by Crippen LogP contribution is -2.31. The summed E-state index contributed by atoms with van der Waals surface area (Å²) < 4.78 is 5.65. The maximum atomic E-state index is 11.7. The second-order valence-corrected chi connectivity index (χ2v) is 4.70. The van der Waals surface area contributed by atoms with Crippen molar-refractivity contribution < 1.29 is 9.53 Å². The molecule has 0 N–H and O–H groups in total. The molecule has 0 aromatic rings. The average Bonchev–Trinajstić information content (AvgIpc) is 2.34. The number of amides is 1. The molecule has 3 nitrogen and oxygen atoms in total. The fourth-order valence-corrected chi connectivity index (χ4v) is 2.02. The van der Waals surface area contributed by atoms with Crippen LogP contribution >= 0.6 is 0 Å². The monoisotopic (exact) mass is 227 g/mol. The van der Waals surface area contributed by atoms with Gasteiger partial charge in [0, 0.05) is 26.6 Å². The van der Waals surface area contributed by atoms with Crippen molar-refractivity contribution in [1.29, 1.82) is 0 Å². The van der Waals surface area contributed by atoms with E-state index in [2.05, 4.69) is 6.92 Å². The lowest BCUT2D eigenvalue weighted by Gasteiger charge is -2.25. The first-order valence-corrected chi connectivity index (χ1v) is 6.59. The van der Waals surface area contributed by atoms with Crippen LogP contribution in [0, 0.1) is 0 Å². The Bertz CT molecular complexity index is 200. The number of ether oxygens (including phenoxy) is 1. The molecule has 0 radical (unpaired) electrons. The molecule has 1 fully saturated rings. The summed E-state index contributed by atoms with van der Waals surface area (Å²) in [4.78, 5) is 13.5. The van der Waals surface area contributed by atoms with E-state index in [4.69, 9.17) is 4.74 Å². The first-order valence-electron chi connectivity index (χ1n) is 6.59. The van der Waals surface area contributed by atoms with Gasteiger partial charge in [0.15, 0.2) is 0 Å². The highest BCUT2D eigenvalue weighted by atomic mass is 16.5. The van der Waals surface area contributed by atoms with Crippen LogP contribution in [-0.2, 0) is 9.53 Å². The highest BCUT2D eigenvalue weighted by Crippen LogP contribution is 2.15. The van der Waals surface area contributed by atoms with Crippen LogP contribution in [0.1, 0.15) is 51.9 Å². The third-order valence-electron chi connectivity index (χ3n) is 3.23. The largest absolute Gasteiger partial charge is 0.378 e. The van der Waals surface area contributed by atoms with Gasteiger partial charge in [0.1, 0.15) is 0 Å². The number of carbonyl (C=O) groups is 1. The minimum Gasteiger partial charge on any atom is -0.378 e. The van der Waals surface area contributed by atoms with Gasteiger partial charge in [0.2, 0.25) is 5.91 Å². The maximum Gasteiger partial charge on any atom is 0.222 e. The molecule has 0 aliphatic carbocycles. The average molecular weight is 227 g/mol. The Morgan fingerprint density at radius 1 is 1.44 bits per heavy atom. The molecule has 0 spiro atoms. The summed E-state index contributed by atoms with van der Waals surface area (Å²) in [5.74, 6) is 0.276. The molecule has 1 atom stereocenters. The Hall–Kier alpha value is -0.570. The van der Waals surface area contributed by atoms with E-state index in [9.17, 15) is 4.79 Å². The highest BCUT2D eigenvalue weighted by Gasteiger charge is 2.15. The van der Waals surface area contributed by atoms with Gasteiger partial charge in [-0.1, -0.05) is 13.3 Å². The van der Waals surface area contributed by atoms with Crippen molar-refractivity contribution in [2.24, 2.45) is 0 Å². The lowest BCUT2D eigenvalue weighted by molar-refractivity contribution is -0.130. The summed E-state index contributed by atoms with van der Waals surface area (Å²) in [5, 5.41) is 0. The van der Waals surface area contributed by atoms with Crippen LogP contribution in [0.4, 0.5) is 0 Å². The zero-order chi connectivity index (χ0) is 11.8. The highest BCUT2D eigenvalue weighted by molar-refractivity contribution is 5.75. The lowest BCUT2D eigenvalue weighted by atomic mass is 10.1. The number of unbranched alkanes of at least 4 members (excludes halogenated alkanes) is 1. The van der Waals surface area contributed by atoms with Crippen LogP contribution in [0.3, 0.4) is 0 Å². The molecule has 0 aromatic carbocycles. The third-order valence-corrected chi connectivity index (χ3v) is 3.23. The van der Waals surface area contributed by atoms with E-state index >= 15 is 0 Å². The van der Waals surface area contributed by atoms with Gasteiger partial charge in [-0.15, -0.1) is 0 Å². The number of rotatable bonds is 6. The van der Waals surface area contributed by atoms with Gasteiger partial charge in [-0.3, -0.25) is 4.79 Å². The first kappa shape index (κ1) is 13.5. The summed E-state index contributed by atoms with van der Waals surface area (Å²) in [6.07, 6.45) is 7.80. The predicted molar refractivity (Wildman–Crippen MR) is 65.4 cm³/mol. The standard InChI is InChI=1S/C13H25NO2/c1-3-4-8-13(15)14(2)10-9-12-7-5-6-11-16-12/h12H,3-11H2,1-2H3. The fraction of sp³-hybridized carbons (Fsp3) is 0.923. The van der Waals surface area contributed by atoms with Gasteiger partial charge in [0.05, 0.1) is 6.10 Å². The van der Waals surface area contributed by atoms with E-state index in [0.717, 1.165) is 38.8 Å². The Kier molecular flexibility index (Phi) is 6.46. The molecular formula is C13H25NO2. The molecule has 0 saturated carbocycles. The topological polar surface area (TPSA) is 29.5 Å². The summed E-state index contributed by atoms with van der Waals surface area (Å²) >= 11 is 0. The summed E-state index contributed by atoms with van der Waals surface area (Å²) in [6, 6.07) is 0. The van der Waals surface area contributed by atoms with E-state index < -0.39 is 0 Å². The molecule has 0 bridgehead atoms. The van der Waals surface area contributed by atoms with Crippen molar-refractivity contribution in [3.05, 3.63) is 0 Å². The van der Waals surface area contributed by atoms with Gasteiger partial charge < -0.3 is 9.64 Å². The van der Waals surface area contributed by atoms with Crippen molar-refractivity contribution in [1.82, 2.24) is 4.90 Å². The van der Waals surface area contributed by atoms with Crippen molar-refractivity contribution >= 4 is 5.91 Å². The Morgan fingerprint density at radius 3 is 2.88 bits per heavy atom. The van der Waals surface area contributed by atoms with Crippen LogP contribution < -0.4 is 0 Å². The van der Waals surface area contributed by atoms with Crippen molar-refractivity contribution in [3.63, 3.8) is 0 Å². The van der Waals surface area contributed by atoms with E-state index in [1.165, 1.54) is 12.8 Å². The van der Waals surface area contributed by atoms with Crippen LogP contribution in [0.5, 0.6) is 0 Å². The molecule has 1 rings (SSSR count). The zero-order valence-corrected chi connectivity index (χ0v) is 10.7. The molecule has 1 heterocycles. The molecule has 3 heteroatoms. The van der Waals surface area contributed by atoms with Crippen LogP contribution in [0.15, 0.2) is 0 Å². The van der Waals surface area contributed by atoms with Gasteiger partial charge in [-0.05, 0) is 32.1 Å². The molecule has 94 valence electrons. The minimum atomic E-state index is 0.276. The maximum absolute atomic E-state index is 11.7. The zero-order valence-electron chi connectivity index (χ0n) is 10.7. The van der Waals surface area contributed by atoms with E-state index in [-0.39, 0.29) is 5.91 Å². The Balaban J connectivity index is 2.12. The minimum absolute atomic E-state index is 0.276. The van der Waals surface area contributed by atoms with E-state index in [0.29, 0.717) is 12.5 Å². The number of carbonyl (C=O) groups excluding carboxylic acids is 1. The molecular weight excluding hydrogens is 202 g/mol. The fourth-order valence-electron chi connectivity index (χ4n) is 2.02. The molecule has 1 amide bonds. The molecule has 1 aliphatic heterocycles. The first-order chi connectivity index (χ1) is 7.74. The second kappa shape index (κ2) is 7.66. The van der Waals surface area contributed by atoms with Gasteiger partial charge in [-0.2, -0.15) is 0 Å². The quantitative estimate of drug-likeness (QED) is 0.698. The third kappa shape index (κ3) is 4.97.